The van der Waals surface area contributed by atoms with Crippen LogP contribution in [0.1, 0.15) is 57.9 Å². The predicted octanol–water partition coefficient (Wildman–Crippen LogP) is 4.47. The van der Waals surface area contributed by atoms with Crippen LogP contribution >= 0.6 is 0 Å². The minimum Gasteiger partial charge on any atom is -0.338 e. The van der Waals surface area contributed by atoms with Gasteiger partial charge in [-0.25, -0.2) is 4.79 Å². The number of nitrogens with one attached hydrogen (secondary N) is 1. The van der Waals surface area contributed by atoms with Gasteiger partial charge in [-0.05, 0) is 56.6 Å². The van der Waals surface area contributed by atoms with Gasteiger partial charge in [-0.1, -0.05) is 50.6 Å². The monoisotopic (exact) mass is 371 g/mol. The van der Waals surface area contributed by atoms with Gasteiger partial charge in [0.15, 0.2) is 0 Å². The Morgan fingerprint density at radius 2 is 1.93 bits per heavy atom. The molecule has 1 saturated carbocycles. The molecule has 2 fully saturated rings. The lowest BCUT2D eigenvalue weighted by atomic mass is 9.80. The molecule has 0 aromatic heterocycles. The molecule has 1 aromatic rings. The number of carbonyl (C=O) groups excluding carboxylic acids is 1. The molecule has 1 aliphatic heterocycles. The van der Waals surface area contributed by atoms with Gasteiger partial charge >= 0.3 is 6.03 Å². The standard InChI is InChI=1S/C23H37N3O/c1-19(2)17-25(3)23(21-11-5-4-6-12-21)13-8-15-24-22(27)26(16-14-23)18-20-9-7-10-20/h4-6,11-12,19-20H,7-10,13-18H2,1-3H3,(H,24,27)/t23-/m0/s1. The molecule has 4 heteroatoms. The fourth-order valence-electron chi connectivity index (χ4n) is 4.76. The van der Waals surface area contributed by atoms with E-state index in [2.05, 4.69) is 66.3 Å². The largest absolute Gasteiger partial charge is 0.338 e. The van der Waals surface area contributed by atoms with Crippen molar-refractivity contribution in [2.24, 2.45) is 11.8 Å². The highest BCUT2D eigenvalue weighted by Gasteiger charge is 2.38. The quantitative estimate of drug-likeness (QED) is 0.801. The third kappa shape index (κ3) is 4.84. The lowest BCUT2D eigenvalue weighted by Crippen LogP contribution is -2.49. The van der Waals surface area contributed by atoms with Gasteiger partial charge in [-0.3, -0.25) is 4.90 Å². The Labute approximate surface area is 165 Å². The Kier molecular flexibility index (Phi) is 6.80. The van der Waals surface area contributed by atoms with Crippen LogP contribution in [0.4, 0.5) is 4.79 Å². The first kappa shape index (κ1) is 20.2. The molecule has 0 unspecified atom stereocenters. The number of hydrogen-bond donors (Lipinski definition) is 1. The van der Waals surface area contributed by atoms with Crippen LogP contribution in [-0.2, 0) is 5.54 Å². The minimum atomic E-state index is -0.00427. The van der Waals surface area contributed by atoms with Crippen molar-refractivity contribution in [3.63, 3.8) is 0 Å². The van der Waals surface area contributed by atoms with Crippen molar-refractivity contribution in [2.75, 3.05) is 33.2 Å². The zero-order valence-corrected chi connectivity index (χ0v) is 17.4. The summed E-state index contributed by atoms with van der Waals surface area (Å²) in [5, 5.41) is 3.17. The first-order valence-electron chi connectivity index (χ1n) is 10.8. The van der Waals surface area contributed by atoms with Crippen molar-refractivity contribution in [1.29, 1.82) is 0 Å². The number of benzene rings is 1. The van der Waals surface area contributed by atoms with E-state index in [0.29, 0.717) is 11.8 Å². The second-order valence-electron chi connectivity index (χ2n) is 9.00. The molecule has 0 radical (unpaired) electrons. The van der Waals surface area contributed by atoms with Gasteiger partial charge in [0.1, 0.15) is 0 Å². The molecule has 1 saturated heterocycles. The minimum absolute atomic E-state index is 0.00427. The van der Waals surface area contributed by atoms with Crippen molar-refractivity contribution in [3.05, 3.63) is 35.9 Å². The average Bonchev–Trinajstić information content (AvgIpc) is 2.69. The van der Waals surface area contributed by atoms with E-state index in [1.165, 1.54) is 24.8 Å². The third-order valence-electron chi connectivity index (χ3n) is 6.51. The van der Waals surface area contributed by atoms with Crippen LogP contribution in [0.5, 0.6) is 0 Å². The summed E-state index contributed by atoms with van der Waals surface area (Å²) in [7, 11) is 2.27. The van der Waals surface area contributed by atoms with Gasteiger partial charge in [0.2, 0.25) is 0 Å². The maximum absolute atomic E-state index is 12.7. The van der Waals surface area contributed by atoms with Crippen LogP contribution in [0.15, 0.2) is 30.3 Å². The van der Waals surface area contributed by atoms with E-state index in [0.717, 1.165) is 45.4 Å². The number of urea groups is 1. The fourth-order valence-corrected chi connectivity index (χ4v) is 4.76. The van der Waals surface area contributed by atoms with Crippen molar-refractivity contribution in [2.45, 2.75) is 57.9 Å². The van der Waals surface area contributed by atoms with E-state index in [9.17, 15) is 4.79 Å². The van der Waals surface area contributed by atoms with E-state index >= 15 is 0 Å². The molecule has 0 spiro atoms. The van der Waals surface area contributed by atoms with Crippen molar-refractivity contribution >= 4 is 6.03 Å². The molecule has 0 bridgehead atoms. The summed E-state index contributed by atoms with van der Waals surface area (Å²) in [4.78, 5) is 17.3. The first-order chi connectivity index (χ1) is 13.0. The molecule has 2 amide bonds. The molecule has 4 nitrogen and oxygen atoms in total. The van der Waals surface area contributed by atoms with Crippen LogP contribution < -0.4 is 5.32 Å². The van der Waals surface area contributed by atoms with Crippen LogP contribution in [0.2, 0.25) is 0 Å². The summed E-state index contributed by atoms with van der Waals surface area (Å²) in [6.45, 7) is 8.17. The highest BCUT2D eigenvalue weighted by atomic mass is 16.2. The normalized spacial score (nSPS) is 24.9. The molecule has 1 atom stereocenters. The summed E-state index contributed by atoms with van der Waals surface area (Å²) in [5.41, 5.74) is 1.39. The molecule has 27 heavy (non-hydrogen) atoms. The zero-order chi connectivity index (χ0) is 19.3. The van der Waals surface area contributed by atoms with Gasteiger partial charge in [0.25, 0.3) is 0 Å². The highest BCUT2D eigenvalue weighted by molar-refractivity contribution is 5.74. The molecular formula is C23H37N3O. The number of nitrogens with zero attached hydrogens (tertiary/aromatic N) is 2. The van der Waals surface area contributed by atoms with Crippen molar-refractivity contribution in [3.8, 4) is 0 Å². The summed E-state index contributed by atoms with van der Waals surface area (Å²) in [6, 6.07) is 11.1. The maximum atomic E-state index is 12.7. The topological polar surface area (TPSA) is 35.6 Å². The van der Waals surface area contributed by atoms with Crippen molar-refractivity contribution < 1.29 is 4.79 Å². The molecule has 2 aliphatic rings. The second-order valence-corrected chi connectivity index (χ2v) is 9.00. The molecule has 1 N–H and O–H groups in total. The van der Waals surface area contributed by atoms with Crippen LogP contribution in [-0.4, -0.2) is 49.1 Å². The zero-order valence-electron chi connectivity index (χ0n) is 17.4. The van der Waals surface area contributed by atoms with E-state index < -0.39 is 0 Å². The molecule has 1 aliphatic carbocycles. The van der Waals surface area contributed by atoms with Crippen molar-refractivity contribution in [1.82, 2.24) is 15.1 Å². The molecule has 150 valence electrons. The van der Waals surface area contributed by atoms with E-state index in [-0.39, 0.29) is 11.6 Å². The second kappa shape index (κ2) is 9.09. The van der Waals surface area contributed by atoms with Gasteiger partial charge < -0.3 is 10.2 Å². The van der Waals surface area contributed by atoms with Gasteiger partial charge in [0, 0.05) is 31.7 Å². The smallest absolute Gasteiger partial charge is 0.317 e. The Bertz CT molecular complexity index is 599. The summed E-state index contributed by atoms with van der Waals surface area (Å²) < 4.78 is 0. The Balaban J connectivity index is 1.86. The summed E-state index contributed by atoms with van der Waals surface area (Å²) >= 11 is 0. The van der Waals surface area contributed by atoms with Gasteiger partial charge in [-0.15, -0.1) is 0 Å². The number of rotatable bonds is 6. The lowest BCUT2D eigenvalue weighted by molar-refractivity contribution is 0.0711. The number of carbonyl (C=O) groups is 1. The van der Waals surface area contributed by atoms with Crippen LogP contribution in [0, 0.1) is 11.8 Å². The summed E-state index contributed by atoms with van der Waals surface area (Å²) in [6.07, 6.45) is 6.98. The molecule has 1 heterocycles. The van der Waals surface area contributed by atoms with Gasteiger partial charge in [0.05, 0.1) is 0 Å². The highest BCUT2D eigenvalue weighted by Crippen LogP contribution is 2.38. The average molecular weight is 372 g/mol. The third-order valence-corrected chi connectivity index (χ3v) is 6.51. The first-order valence-corrected chi connectivity index (χ1v) is 10.8. The Morgan fingerprint density at radius 1 is 1.19 bits per heavy atom. The van der Waals surface area contributed by atoms with E-state index in [4.69, 9.17) is 0 Å². The Morgan fingerprint density at radius 3 is 2.56 bits per heavy atom. The van der Waals surface area contributed by atoms with Crippen LogP contribution in [0.25, 0.3) is 0 Å². The fraction of sp³-hybridized carbons (Fsp3) is 0.696. The molecule has 1 aromatic carbocycles. The Hall–Kier alpha value is -1.55. The lowest BCUT2D eigenvalue weighted by Gasteiger charge is -2.44. The van der Waals surface area contributed by atoms with E-state index in [1.807, 2.05) is 0 Å². The number of amides is 2. The van der Waals surface area contributed by atoms with Crippen LogP contribution in [0.3, 0.4) is 0 Å². The molecular weight excluding hydrogens is 334 g/mol. The van der Waals surface area contributed by atoms with Gasteiger partial charge in [-0.2, -0.15) is 0 Å². The SMILES string of the molecule is CC(C)CN(C)[C@@]1(c2ccccc2)CCCNC(=O)N(CC2CCC2)CC1. The predicted molar refractivity (Wildman–Crippen MR) is 112 cm³/mol. The maximum Gasteiger partial charge on any atom is 0.317 e. The summed E-state index contributed by atoms with van der Waals surface area (Å²) in [5.74, 6) is 1.32. The number of hydrogen-bond acceptors (Lipinski definition) is 2. The molecule has 3 rings (SSSR count). The van der Waals surface area contributed by atoms with E-state index in [1.54, 1.807) is 0 Å².